The highest BCUT2D eigenvalue weighted by molar-refractivity contribution is 7.99. The van der Waals surface area contributed by atoms with Crippen LogP contribution in [0, 0.1) is 19.8 Å². The van der Waals surface area contributed by atoms with E-state index in [4.69, 9.17) is 5.73 Å². The van der Waals surface area contributed by atoms with E-state index in [1.807, 2.05) is 33.8 Å². The molecule has 0 radical (unpaired) electrons. The molecule has 0 fully saturated rings. The molecule has 0 spiro atoms. The molecule has 3 N–H and O–H groups in total. The summed E-state index contributed by atoms with van der Waals surface area (Å²) in [5, 5.41) is 3.29. The van der Waals surface area contributed by atoms with Crippen molar-refractivity contribution in [2.45, 2.75) is 51.7 Å². The lowest BCUT2D eigenvalue weighted by Crippen LogP contribution is -2.56. The molecular weight excluding hydrogens is 300 g/mol. The van der Waals surface area contributed by atoms with E-state index in [-0.39, 0.29) is 17.6 Å². The average molecular weight is 324 g/mol. The van der Waals surface area contributed by atoms with Gasteiger partial charge in [0, 0.05) is 11.4 Å². The number of thioether (sulfide) groups is 1. The van der Waals surface area contributed by atoms with Gasteiger partial charge < -0.3 is 11.1 Å². The zero-order valence-electron chi connectivity index (χ0n) is 13.8. The first-order valence-corrected chi connectivity index (χ1v) is 8.17. The fourth-order valence-electron chi connectivity index (χ4n) is 2.26. The molecule has 1 heterocycles. The van der Waals surface area contributed by atoms with Crippen LogP contribution in [-0.2, 0) is 9.59 Å². The SMILES string of the molecule is Cc1cc(C)nc(SCC(=O)N[C@@](C)(CC(C)C)C(N)=O)n1. The number of amides is 2. The highest BCUT2D eigenvalue weighted by Crippen LogP contribution is 2.18. The second-order valence-electron chi connectivity index (χ2n) is 6.06. The summed E-state index contributed by atoms with van der Waals surface area (Å²) in [6.07, 6.45) is 0.499. The fourth-order valence-corrected chi connectivity index (χ4v) is 3.01. The first-order valence-electron chi connectivity index (χ1n) is 7.18. The summed E-state index contributed by atoms with van der Waals surface area (Å²) in [5.41, 5.74) is 6.11. The van der Waals surface area contributed by atoms with Crippen LogP contribution in [0.3, 0.4) is 0 Å². The van der Waals surface area contributed by atoms with Crippen LogP contribution in [0.25, 0.3) is 0 Å². The second kappa shape index (κ2) is 7.58. The Morgan fingerprint density at radius 3 is 2.32 bits per heavy atom. The predicted octanol–water partition coefficient (Wildman–Crippen LogP) is 1.59. The highest BCUT2D eigenvalue weighted by atomic mass is 32.2. The smallest absolute Gasteiger partial charge is 0.242 e. The van der Waals surface area contributed by atoms with Crippen LogP contribution in [0.2, 0.25) is 0 Å². The van der Waals surface area contributed by atoms with Crippen molar-refractivity contribution >= 4 is 23.6 Å². The van der Waals surface area contributed by atoms with Gasteiger partial charge in [0.15, 0.2) is 5.16 Å². The number of nitrogens with one attached hydrogen (secondary N) is 1. The number of rotatable bonds is 7. The molecule has 0 bridgehead atoms. The number of nitrogens with two attached hydrogens (primary N) is 1. The van der Waals surface area contributed by atoms with E-state index in [1.54, 1.807) is 6.92 Å². The van der Waals surface area contributed by atoms with E-state index in [2.05, 4.69) is 15.3 Å². The quantitative estimate of drug-likeness (QED) is 0.586. The van der Waals surface area contributed by atoms with Crippen LogP contribution in [0.15, 0.2) is 11.2 Å². The Morgan fingerprint density at radius 2 is 1.86 bits per heavy atom. The summed E-state index contributed by atoms with van der Waals surface area (Å²) >= 11 is 1.24. The van der Waals surface area contributed by atoms with Gasteiger partial charge in [-0.2, -0.15) is 0 Å². The zero-order valence-corrected chi connectivity index (χ0v) is 14.6. The summed E-state index contributed by atoms with van der Waals surface area (Å²) in [4.78, 5) is 32.3. The Balaban J connectivity index is 2.66. The van der Waals surface area contributed by atoms with Crippen molar-refractivity contribution in [3.05, 3.63) is 17.5 Å². The molecule has 0 aliphatic rings. The van der Waals surface area contributed by atoms with Crippen molar-refractivity contribution in [1.29, 1.82) is 0 Å². The first kappa shape index (κ1) is 18.4. The van der Waals surface area contributed by atoms with Crippen molar-refractivity contribution in [2.75, 3.05) is 5.75 Å². The molecule has 0 aliphatic heterocycles. The van der Waals surface area contributed by atoms with Crippen molar-refractivity contribution in [1.82, 2.24) is 15.3 Å². The molecule has 0 saturated carbocycles. The Bertz CT molecular complexity index is 542. The zero-order chi connectivity index (χ0) is 16.9. The van der Waals surface area contributed by atoms with E-state index in [0.29, 0.717) is 11.6 Å². The number of nitrogens with zero attached hydrogens (tertiary/aromatic N) is 2. The lowest BCUT2D eigenvalue weighted by atomic mass is 9.90. The first-order chi connectivity index (χ1) is 10.1. The van der Waals surface area contributed by atoms with Crippen LogP contribution in [0.5, 0.6) is 0 Å². The van der Waals surface area contributed by atoms with Gasteiger partial charge in [0.05, 0.1) is 5.75 Å². The maximum Gasteiger partial charge on any atom is 0.242 e. The molecule has 22 heavy (non-hydrogen) atoms. The molecule has 0 aliphatic carbocycles. The molecule has 2 amide bonds. The van der Waals surface area contributed by atoms with Gasteiger partial charge in [-0.05, 0) is 39.2 Å². The number of aryl methyl sites for hydroxylation is 2. The summed E-state index contributed by atoms with van der Waals surface area (Å²) < 4.78 is 0. The molecule has 0 saturated heterocycles. The van der Waals surface area contributed by atoms with E-state index < -0.39 is 11.4 Å². The Hall–Kier alpha value is -1.63. The summed E-state index contributed by atoms with van der Waals surface area (Å²) in [5.74, 6) is -0.394. The van der Waals surface area contributed by atoms with Crippen LogP contribution in [0.1, 0.15) is 38.6 Å². The maximum absolute atomic E-state index is 12.1. The molecule has 1 rings (SSSR count). The predicted molar refractivity (Wildman–Crippen MR) is 87.4 cm³/mol. The van der Waals surface area contributed by atoms with Gasteiger partial charge in [-0.25, -0.2) is 9.97 Å². The molecule has 0 aromatic carbocycles. The third-order valence-corrected chi connectivity index (χ3v) is 3.92. The van der Waals surface area contributed by atoms with Crippen molar-refractivity contribution in [3.63, 3.8) is 0 Å². The Morgan fingerprint density at radius 1 is 1.32 bits per heavy atom. The fraction of sp³-hybridized carbons (Fsp3) is 0.600. The van der Waals surface area contributed by atoms with Gasteiger partial charge in [-0.1, -0.05) is 25.6 Å². The molecule has 122 valence electrons. The molecule has 1 atom stereocenters. The number of aromatic nitrogens is 2. The standard InChI is InChI=1S/C15H24N4O2S/c1-9(2)7-15(5,13(16)21)19-12(20)8-22-14-17-10(3)6-11(4)18-14/h6,9H,7-8H2,1-5H3,(H2,16,21)(H,19,20)/t15-/m0/s1. The molecular formula is C15H24N4O2S. The average Bonchev–Trinajstić information content (AvgIpc) is 2.34. The lowest BCUT2D eigenvalue weighted by Gasteiger charge is -2.29. The van der Waals surface area contributed by atoms with Crippen LogP contribution >= 0.6 is 11.8 Å². The number of hydrogen-bond acceptors (Lipinski definition) is 5. The lowest BCUT2D eigenvalue weighted by molar-refractivity contribution is -0.130. The third kappa shape index (κ3) is 5.63. The number of primary amides is 1. The van der Waals surface area contributed by atoms with Gasteiger partial charge in [-0.3, -0.25) is 9.59 Å². The van der Waals surface area contributed by atoms with Gasteiger partial charge in [0.2, 0.25) is 11.8 Å². The summed E-state index contributed by atoms with van der Waals surface area (Å²) in [6, 6.07) is 1.87. The number of hydrogen-bond donors (Lipinski definition) is 2. The number of carbonyl (C=O) groups is 2. The topological polar surface area (TPSA) is 98.0 Å². The monoisotopic (exact) mass is 324 g/mol. The molecule has 7 heteroatoms. The largest absolute Gasteiger partial charge is 0.368 e. The molecule has 0 unspecified atom stereocenters. The molecule has 6 nitrogen and oxygen atoms in total. The van der Waals surface area contributed by atoms with E-state index in [1.165, 1.54) is 11.8 Å². The van der Waals surface area contributed by atoms with Crippen LogP contribution < -0.4 is 11.1 Å². The summed E-state index contributed by atoms with van der Waals surface area (Å²) in [6.45, 7) is 9.37. The Labute approximate surface area is 135 Å². The van der Waals surface area contributed by atoms with Crippen molar-refractivity contribution < 1.29 is 9.59 Å². The van der Waals surface area contributed by atoms with E-state index in [9.17, 15) is 9.59 Å². The minimum atomic E-state index is -1.03. The highest BCUT2D eigenvalue weighted by Gasteiger charge is 2.33. The van der Waals surface area contributed by atoms with Gasteiger partial charge in [0.25, 0.3) is 0 Å². The van der Waals surface area contributed by atoms with Crippen molar-refractivity contribution in [2.24, 2.45) is 11.7 Å². The Kier molecular flexibility index (Phi) is 6.34. The van der Waals surface area contributed by atoms with E-state index in [0.717, 1.165) is 11.4 Å². The third-order valence-electron chi connectivity index (χ3n) is 3.07. The summed E-state index contributed by atoms with van der Waals surface area (Å²) in [7, 11) is 0. The van der Waals surface area contributed by atoms with Crippen LogP contribution in [-0.4, -0.2) is 33.1 Å². The maximum atomic E-state index is 12.1. The van der Waals surface area contributed by atoms with Gasteiger partial charge in [-0.15, -0.1) is 0 Å². The second-order valence-corrected chi connectivity index (χ2v) is 7.01. The minimum Gasteiger partial charge on any atom is -0.368 e. The molecule has 1 aromatic rings. The number of carbonyl (C=O) groups excluding carboxylic acids is 2. The normalized spacial score (nSPS) is 13.7. The minimum absolute atomic E-state index is 0.143. The van der Waals surface area contributed by atoms with E-state index >= 15 is 0 Å². The molecule has 1 aromatic heterocycles. The van der Waals surface area contributed by atoms with Gasteiger partial charge >= 0.3 is 0 Å². The van der Waals surface area contributed by atoms with Crippen molar-refractivity contribution in [3.8, 4) is 0 Å². The van der Waals surface area contributed by atoms with Gasteiger partial charge in [0.1, 0.15) is 5.54 Å². The van der Waals surface area contributed by atoms with Crippen LogP contribution in [0.4, 0.5) is 0 Å².